The zero-order valence-corrected chi connectivity index (χ0v) is 11.9. The molecule has 0 fully saturated rings. The van der Waals surface area contributed by atoms with Gasteiger partial charge in [0, 0.05) is 27.2 Å². The number of aromatic nitrogens is 3. The Balaban J connectivity index is 2.32. The number of nitrogens with zero attached hydrogens (tertiary/aromatic N) is 4. The fourth-order valence-corrected chi connectivity index (χ4v) is 1.52. The van der Waals surface area contributed by atoms with E-state index in [1.54, 1.807) is 26.0 Å². The first-order chi connectivity index (χ1) is 9.49. The molecule has 20 heavy (non-hydrogen) atoms. The van der Waals surface area contributed by atoms with Gasteiger partial charge in [0.1, 0.15) is 11.6 Å². The van der Waals surface area contributed by atoms with Crippen molar-refractivity contribution in [2.75, 3.05) is 31.4 Å². The van der Waals surface area contributed by atoms with Crippen LogP contribution in [0.4, 0.5) is 16.3 Å². The van der Waals surface area contributed by atoms with Crippen molar-refractivity contribution in [3.8, 4) is 11.8 Å². The van der Waals surface area contributed by atoms with E-state index in [0.29, 0.717) is 17.6 Å². The van der Waals surface area contributed by atoms with E-state index in [0.717, 1.165) is 0 Å². The van der Waals surface area contributed by atoms with Gasteiger partial charge in [0.2, 0.25) is 11.9 Å². The van der Waals surface area contributed by atoms with Crippen molar-refractivity contribution in [1.29, 1.82) is 0 Å². The van der Waals surface area contributed by atoms with Crippen LogP contribution >= 0.6 is 11.6 Å². The standard InChI is InChI=1S/C12H13ClFN5O/c1-15-10-16-11(19(2)3)18-12(17-10)20-7-4-5-9(14)8(13)6-7/h4-6H,1-3H3,(H,15,16,17,18). The number of halogens is 2. The fourth-order valence-electron chi connectivity index (χ4n) is 1.35. The molecular formula is C12H13ClFN5O. The minimum absolute atomic E-state index is 0.0294. The van der Waals surface area contributed by atoms with Crippen molar-refractivity contribution in [2.24, 2.45) is 0 Å². The second-order valence-corrected chi connectivity index (χ2v) is 4.47. The van der Waals surface area contributed by atoms with Gasteiger partial charge < -0.3 is 15.0 Å². The Bertz CT molecular complexity index is 623. The SMILES string of the molecule is CNc1nc(Oc2ccc(F)c(Cl)c2)nc(N(C)C)n1. The Morgan fingerprint density at radius 2 is 2.00 bits per heavy atom. The molecule has 2 aromatic rings. The van der Waals surface area contributed by atoms with Crippen LogP contribution in [0.15, 0.2) is 18.2 Å². The minimum atomic E-state index is -0.514. The summed E-state index contributed by atoms with van der Waals surface area (Å²) in [6.45, 7) is 0. The molecule has 1 heterocycles. The van der Waals surface area contributed by atoms with E-state index in [4.69, 9.17) is 16.3 Å². The molecule has 106 valence electrons. The Kier molecular flexibility index (Phi) is 4.19. The molecule has 1 aromatic heterocycles. The molecule has 8 heteroatoms. The van der Waals surface area contributed by atoms with Crippen LogP contribution in [-0.2, 0) is 0 Å². The molecule has 0 amide bonds. The quantitative estimate of drug-likeness (QED) is 0.936. The van der Waals surface area contributed by atoms with E-state index in [1.165, 1.54) is 18.2 Å². The average Bonchev–Trinajstić information content (AvgIpc) is 2.42. The summed E-state index contributed by atoms with van der Waals surface area (Å²) in [5.74, 6) is 0.633. The summed E-state index contributed by atoms with van der Waals surface area (Å²) >= 11 is 5.69. The predicted molar refractivity (Wildman–Crippen MR) is 75.2 cm³/mol. The summed E-state index contributed by atoms with van der Waals surface area (Å²) in [5, 5.41) is 2.78. The molecule has 0 aliphatic heterocycles. The van der Waals surface area contributed by atoms with Crippen molar-refractivity contribution in [3.05, 3.63) is 29.0 Å². The van der Waals surface area contributed by atoms with Gasteiger partial charge in [0.15, 0.2) is 0 Å². The van der Waals surface area contributed by atoms with Crippen LogP contribution in [0.25, 0.3) is 0 Å². The molecule has 0 saturated heterocycles. The van der Waals surface area contributed by atoms with Crippen molar-refractivity contribution in [2.45, 2.75) is 0 Å². The van der Waals surface area contributed by atoms with Gasteiger partial charge in [-0.25, -0.2) is 4.39 Å². The van der Waals surface area contributed by atoms with Gasteiger partial charge >= 0.3 is 6.01 Å². The maximum atomic E-state index is 13.1. The van der Waals surface area contributed by atoms with Crippen LogP contribution in [0.3, 0.4) is 0 Å². The van der Waals surface area contributed by atoms with Crippen LogP contribution in [0.2, 0.25) is 5.02 Å². The number of hydrogen-bond acceptors (Lipinski definition) is 6. The van der Waals surface area contributed by atoms with E-state index < -0.39 is 5.82 Å². The monoisotopic (exact) mass is 297 g/mol. The molecule has 2 rings (SSSR count). The number of benzene rings is 1. The second-order valence-electron chi connectivity index (χ2n) is 4.06. The number of nitrogens with one attached hydrogen (secondary N) is 1. The summed E-state index contributed by atoms with van der Waals surface area (Å²) in [6.07, 6.45) is 0. The van der Waals surface area contributed by atoms with Gasteiger partial charge in [-0.15, -0.1) is 0 Å². The first kappa shape index (κ1) is 14.3. The summed E-state index contributed by atoms with van der Waals surface area (Å²) in [5.41, 5.74) is 0. The molecule has 0 spiro atoms. The first-order valence-electron chi connectivity index (χ1n) is 5.73. The van der Waals surface area contributed by atoms with E-state index in [9.17, 15) is 4.39 Å². The third-order valence-electron chi connectivity index (χ3n) is 2.33. The van der Waals surface area contributed by atoms with Crippen LogP contribution in [-0.4, -0.2) is 36.1 Å². The Hall–Kier alpha value is -2.15. The third-order valence-corrected chi connectivity index (χ3v) is 2.62. The van der Waals surface area contributed by atoms with E-state index in [-0.39, 0.29) is 11.0 Å². The Morgan fingerprint density at radius 1 is 1.25 bits per heavy atom. The van der Waals surface area contributed by atoms with Gasteiger partial charge in [0.25, 0.3) is 0 Å². The molecule has 0 bridgehead atoms. The largest absolute Gasteiger partial charge is 0.424 e. The van der Waals surface area contributed by atoms with Gasteiger partial charge in [-0.05, 0) is 12.1 Å². The Labute approximate surface area is 120 Å². The molecular weight excluding hydrogens is 285 g/mol. The molecule has 1 aromatic carbocycles. The number of hydrogen-bond donors (Lipinski definition) is 1. The predicted octanol–water partition coefficient (Wildman–Crippen LogP) is 2.56. The van der Waals surface area contributed by atoms with Crippen LogP contribution < -0.4 is 15.0 Å². The third kappa shape index (κ3) is 3.24. The highest BCUT2D eigenvalue weighted by Crippen LogP contribution is 2.25. The zero-order valence-electron chi connectivity index (χ0n) is 11.2. The maximum Gasteiger partial charge on any atom is 0.328 e. The van der Waals surface area contributed by atoms with E-state index >= 15 is 0 Å². The number of ether oxygens (including phenoxy) is 1. The molecule has 6 nitrogen and oxygen atoms in total. The summed E-state index contributed by atoms with van der Waals surface area (Å²) < 4.78 is 18.5. The zero-order chi connectivity index (χ0) is 14.7. The van der Waals surface area contributed by atoms with Crippen molar-refractivity contribution < 1.29 is 9.13 Å². The smallest absolute Gasteiger partial charge is 0.328 e. The topological polar surface area (TPSA) is 63.2 Å². The molecule has 0 unspecified atom stereocenters. The molecule has 1 N–H and O–H groups in total. The lowest BCUT2D eigenvalue weighted by Gasteiger charge is -2.12. The highest BCUT2D eigenvalue weighted by molar-refractivity contribution is 6.30. The summed E-state index contributed by atoms with van der Waals surface area (Å²) in [7, 11) is 5.29. The van der Waals surface area contributed by atoms with Crippen molar-refractivity contribution >= 4 is 23.5 Å². The normalized spacial score (nSPS) is 10.2. The summed E-state index contributed by atoms with van der Waals surface area (Å²) in [4.78, 5) is 14.1. The van der Waals surface area contributed by atoms with E-state index in [1.807, 2.05) is 0 Å². The molecule has 0 aliphatic carbocycles. The lowest BCUT2D eigenvalue weighted by atomic mass is 10.3. The van der Waals surface area contributed by atoms with Crippen molar-refractivity contribution in [1.82, 2.24) is 15.0 Å². The highest BCUT2D eigenvalue weighted by Gasteiger charge is 2.10. The summed E-state index contributed by atoms with van der Waals surface area (Å²) in [6, 6.07) is 4.11. The minimum Gasteiger partial charge on any atom is -0.424 e. The molecule has 0 saturated carbocycles. The fraction of sp³-hybridized carbons (Fsp3) is 0.250. The maximum absolute atomic E-state index is 13.1. The molecule has 0 aliphatic rings. The number of anilines is 2. The second kappa shape index (κ2) is 5.87. The van der Waals surface area contributed by atoms with Crippen LogP contribution in [0.5, 0.6) is 11.8 Å². The van der Waals surface area contributed by atoms with Gasteiger partial charge in [0.05, 0.1) is 5.02 Å². The van der Waals surface area contributed by atoms with Gasteiger partial charge in [-0.3, -0.25) is 0 Å². The highest BCUT2D eigenvalue weighted by atomic mass is 35.5. The molecule has 0 atom stereocenters. The molecule has 0 radical (unpaired) electrons. The Morgan fingerprint density at radius 3 is 2.60 bits per heavy atom. The van der Waals surface area contributed by atoms with Crippen molar-refractivity contribution in [3.63, 3.8) is 0 Å². The average molecular weight is 298 g/mol. The number of rotatable bonds is 4. The first-order valence-corrected chi connectivity index (χ1v) is 6.11. The van der Waals surface area contributed by atoms with E-state index in [2.05, 4.69) is 20.3 Å². The van der Waals surface area contributed by atoms with Crippen LogP contribution in [0, 0.1) is 5.82 Å². The lowest BCUT2D eigenvalue weighted by Crippen LogP contribution is -2.15. The van der Waals surface area contributed by atoms with Gasteiger partial charge in [-0.1, -0.05) is 11.6 Å². The lowest BCUT2D eigenvalue weighted by molar-refractivity contribution is 0.439. The van der Waals surface area contributed by atoms with Gasteiger partial charge in [-0.2, -0.15) is 15.0 Å². The van der Waals surface area contributed by atoms with Crippen LogP contribution in [0.1, 0.15) is 0 Å².